The van der Waals surface area contributed by atoms with Crippen LogP contribution in [-0.4, -0.2) is 24.5 Å². The van der Waals surface area contributed by atoms with Crippen molar-refractivity contribution in [3.8, 4) is 0 Å². The molecule has 0 spiro atoms. The fraction of sp³-hybridized carbons (Fsp3) is 1.00. The first-order valence-corrected chi connectivity index (χ1v) is 5.98. The molecule has 0 N–H and O–H groups in total. The molecular formula is C12H25N. The predicted molar refractivity (Wildman–Crippen MR) is 59.0 cm³/mol. The van der Waals surface area contributed by atoms with Gasteiger partial charge in [0.05, 0.1) is 0 Å². The maximum Gasteiger partial charge on any atom is 0.00948 e. The van der Waals surface area contributed by atoms with Crippen LogP contribution in [0.4, 0.5) is 0 Å². The van der Waals surface area contributed by atoms with E-state index in [0.717, 1.165) is 12.0 Å². The first kappa shape index (κ1) is 11.0. The van der Waals surface area contributed by atoms with Crippen LogP contribution in [0, 0.1) is 5.92 Å². The molecule has 1 heteroatoms. The average Bonchev–Trinajstić information content (AvgIpc) is 2.14. The van der Waals surface area contributed by atoms with Gasteiger partial charge in [0.2, 0.25) is 0 Å². The van der Waals surface area contributed by atoms with Crippen molar-refractivity contribution in [3.05, 3.63) is 0 Å². The second kappa shape index (κ2) is 5.64. The van der Waals surface area contributed by atoms with Crippen LogP contribution >= 0.6 is 0 Å². The Labute approximate surface area is 83.5 Å². The van der Waals surface area contributed by atoms with Crippen LogP contribution in [0.25, 0.3) is 0 Å². The van der Waals surface area contributed by atoms with E-state index in [1.54, 1.807) is 0 Å². The van der Waals surface area contributed by atoms with E-state index in [1.165, 1.54) is 45.1 Å². The van der Waals surface area contributed by atoms with Gasteiger partial charge in [0.1, 0.15) is 0 Å². The zero-order valence-corrected chi connectivity index (χ0v) is 9.55. The molecule has 1 aliphatic carbocycles. The Morgan fingerprint density at radius 3 is 2.46 bits per heavy atom. The minimum Gasteiger partial charge on any atom is -0.303 e. The van der Waals surface area contributed by atoms with Crippen molar-refractivity contribution >= 4 is 0 Å². The van der Waals surface area contributed by atoms with Crippen molar-refractivity contribution in [2.24, 2.45) is 5.92 Å². The van der Waals surface area contributed by atoms with Gasteiger partial charge in [-0.2, -0.15) is 0 Å². The molecule has 2 fully saturated rings. The van der Waals surface area contributed by atoms with Gasteiger partial charge in [0.25, 0.3) is 0 Å². The molecule has 2 rings (SSSR count). The van der Waals surface area contributed by atoms with Crippen LogP contribution in [0.5, 0.6) is 0 Å². The summed E-state index contributed by atoms with van der Waals surface area (Å²) in [4.78, 5) is 2.55. The van der Waals surface area contributed by atoms with Crippen LogP contribution in [-0.2, 0) is 0 Å². The smallest absolute Gasteiger partial charge is 0.00948 e. The van der Waals surface area contributed by atoms with Gasteiger partial charge in [0.15, 0.2) is 0 Å². The van der Waals surface area contributed by atoms with Gasteiger partial charge in [-0.25, -0.2) is 0 Å². The van der Waals surface area contributed by atoms with Gasteiger partial charge < -0.3 is 4.90 Å². The van der Waals surface area contributed by atoms with Gasteiger partial charge in [-0.15, -0.1) is 0 Å². The first-order chi connectivity index (χ1) is 6.27. The van der Waals surface area contributed by atoms with Gasteiger partial charge >= 0.3 is 0 Å². The van der Waals surface area contributed by atoms with Crippen molar-refractivity contribution in [2.45, 2.75) is 58.4 Å². The Morgan fingerprint density at radius 1 is 1.15 bits per heavy atom. The molecule has 1 aliphatic heterocycles. The molecule has 1 nitrogen and oxygen atoms in total. The van der Waals surface area contributed by atoms with Crippen molar-refractivity contribution in [2.75, 3.05) is 13.6 Å². The van der Waals surface area contributed by atoms with Crippen LogP contribution in [0.2, 0.25) is 0 Å². The minimum absolute atomic E-state index is 0.951. The standard InChI is InChI=1S/C9H17N.C3H8/c1-10-6-5-8-3-2-4-9(10)7-8;1-3-2/h8-9H,2-7H2,1H3;3H2,1-2H3. The van der Waals surface area contributed by atoms with Crippen LogP contribution in [0.15, 0.2) is 0 Å². The monoisotopic (exact) mass is 183 g/mol. The number of fused-ring (bicyclic) bond motifs is 2. The fourth-order valence-corrected chi connectivity index (χ4v) is 2.49. The molecule has 13 heavy (non-hydrogen) atoms. The predicted octanol–water partition coefficient (Wildman–Crippen LogP) is 3.30. The Kier molecular flexibility index (Phi) is 4.79. The summed E-state index contributed by atoms with van der Waals surface area (Å²) in [5.74, 6) is 1.09. The molecule has 0 aromatic heterocycles. The van der Waals surface area contributed by atoms with Gasteiger partial charge in [-0.05, 0) is 38.8 Å². The van der Waals surface area contributed by atoms with E-state index in [4.69, 9.17) is 0 Å². The van der Waals surface area contributed by atoms with Crippen LogP contribution in [0.1, 0.15) is 52.4 Å². The third kappa shape index (κ3) is 3.30. The lowest BCUT2D eigenvalue weighted by molar-refractivity contribution is 0.0972. The molecule has 0 amide bonds. The van der Waals surface area contributed by atoms with E-state index in [1.807, 2.05) is 0 Å². The molecule has 1 saturated carbocycles. The maximum absolute atomic E-state index is 2.55. The van der Waals surface area contributed by atoms with E-state index in [9.17, 15) is 0 Å². The molecule has 1 heterocycles. The Hall–Kier alpha value is -0.0400. The summed E-state index contributed by atoms with van der Waals surface area (Å²) in [5.41, 5.74) is 0. The van der Waals surface area contributed by atoms with Crippen LogP contribution in [0.3, 0.4) is 0 Å². The van der Waals surface area contributed by atoms with E-state index in [0.29, 0.717) is 0 Å². The quantitative estimate of drug-likeness (QED) is 0.557. The highest BCUT2D eigenvalue weighted by Crippen LogP contribution is 2.33. The van der Waals surface area contributed by atoms with Crippen LogP contribution < -0.4 is 0 Å². The summed E-state index contributed by atoms with van der Waals surface area (Å²) in [5, 5.41) is 0. The molecule has 2 unspecified atom stereocenters. The Morgan fingerprint density at radius 2 is 1.85 bits per heavy atom. The van der Waals surface area contributed by atoms with Gasteiger partial charge in [-0.1, -0.05) is 33.1 Å². The van der Waals surface area contributed by atoms with E-state index >= 15 is 0 Å². The molecule has 0 aromatic carbocycles. The minimum atomic E-state index is 0.951. The van der Waals surface area contributed by atoms with E-state index < -0.39 is 0 Å². The third-order valence-electron chi connectivity index (χ3n) is 3.27. The largest absolute Gasteiger partial charge is 0.303 e. The summed E-state index contributed by atoms with van der Waals surface area (Å²) in [6.45, 7) is 5.61. The molecule has 2 aliphatic rings. The normalized spacial score (nSPS) is 33.5. The second-order valence-electron chi connectivity index (χ2n) is 4.66. The highest BCUT2D eigenvalue weighted by Gasteiger charge is 2.28. The van der Waals surface area contributed by atoms with Gasteiger partial charge in [-0.3, -0.25) is 0 Å². The number of piperidine rings is 1. The van der Waals surface area contributed by atoms with Crippen molar-refractivity contribution in [1.29, 1.82) is 0 Å². The maximum atomic E-state index is 2.55. The summed E-state index contributed by atoms with van der Waals surface area (Å²) in [6.07, 6.45) is 8.68. The lowest BCUT2D eigenvalue weighted by Gasteiger charge is -2.41. The SMILES string of the molecule is CCC.CN1CCC2CCCC1C2. The molecule has 78 valence electrons. The van der Waals surface area contributed by atoms with E-state index in [2.05, 4.69) is 25.8 Å². The molecule has 1 saturated heterocycles. The zero-order valence-electron chi connectivity index (χ0n) is 9.55. The fourth-order valence-electron chi connectivity index (χ4n) is 2.49. The number of rotatable bonds is 0. The lowest BCUT2D eigenvalue weighted by Crippen LogP contribution is -2.42. The molecular weight excluding hydrogens is 158 g/mol. The third-order valence-corrected chi connectivity index (χ3v) is 3.27. The molecule has 2 bridgehead atoms. The summed E-state index contributed by atoms with van der Waals surface area (Å²) in [7, 11) is 2.28. The van der Waals surface area contributed by atoms with Crippen molar-refractivity contribution in [3.63, 3.8) is 0 Å². The lowest BCUT2D eigenvalue weighted by atomic mass is 9.80. The summed E-state index contributed by atoms with van der Waals surface area (Å²) in [6, 6.07) is 0.951. The second-order valence-corrected chi connectivity index (χ2v) is 4.66. The summed E-state index contributed by atoms with van der Waals surface area (Å²) >= 11 is 0. The average molecular weight is 183 g/mol. The number of hydrogen-bond acceptors (Lipinski definition) is 1. The molecule has 0 aromatic rings. The Balaban J connectivity index is 0.000000251. The van der Waals surface area contributed by atoms with Gasteiger partial charge in [0, 0.05) is 6.04 Å². The topological polar surface area (TPSA) is 3.24 Å². The highest BCUT2D eigenvalue weighted by atomic mass is 15.1. The van der Waals surface area contributed by atoms with Crippen molar-refractivity contribution < 1.29 is 0 Å². The number of likely N-dealkylation sites (tertiary alicyclic amines) is 1. The zero-order chi connectivity index (χ0) is 9.68. The first-order valence-electron chi connectivity index (χ1n) is 5.98. The Bertz CT molecular complexity index is 131. The molecule has 0 radical (unpaired) electrons. The highest BCUT2D eigenvalue weighted by molar-refractivity contribution is 4.83. The molecule has 2 atom stereocenters. The van der Waals surface area contributed by atoms with E-state index in [-0.39, 0.29) is 0 Å². The summed E-state index contributed by atoms with van der Waals surface area (Å²) < 4.78 is 0. The number of nitrogens with zero attached hydrogens (tertiary/aromatic N) is 1. The van der Waals surface area contributed by atoms with Crippen molar-refractivity contribution in [1.82, 2.24) is 4.90 Å². The number of hydrogen-bond donors (Lipinski definition) is 0.